The molecule has 1 aromatic carbocycles. The lowest BCUT2D eigenvalue weighted by molar-refractivity contribution is 0.538. The summed E-state index contributed by atoms with van der Waals surface area (Å²) in [5, 5.41) is 4.35. The van der Waals surface area contributed by atoms with Crippen LogP contribution in [0, 0.1) is 0 Å². The number of hydrogen-bond acceptors (Lipinski definition) is 1. The van der Waals surface area contributed by atoms with Crippen molar-refractivity contribution in [2.75, 3.05) is 0 Å². The van der Waals surface area contributed by atoms with Gasteiger partial charge in [0.2, 0.25) is 0 Å². The molecule has 0 heterocycles. The Morgan fingerprint density at radius 1 is 1.50 bits per heavy atom. The van der Waals surface area contributed by atoms with E-state index < -0.39 is 0 Å². The molecule has 0 radical (unpaired) electrons. The zero-order valence-corrected chi connectivity index (χ0v) is 10.5. The van der Waals surface area contributed by atoms with Crippen LogP contribution in [0.3, 0.4) is 0 Å². The lowest BCUT2D eigenvalue weighted by Gasteiger charge is -2.12. The Labute approximate surface area is 98.0 Å². The fraction of sp³-hybridized carbons (Fsp3) is 0.455. The molecule has 76 valence electrons. The van der Waals surface area contributed by atoms with Gasteiger partial charge in [0.15, 0.2) is 0 Å². The van der Waals surface area contributed by atoms with E-state index in [1.54, 1.807) is 0 Å². The fourth-order valence-corrected chi connectivity index (χ4v) is 1.94. The van der Waals surface area contributed by atoms with E-state index in [-0.39, 0.29) is 0 Å². The molecule has 1 fully saturated rings. The maximum atomic E-state index is 6.08. The first-order chi connectivity index (χ1) is 6.59. The Kier molecular flexibility index (Phi) is 2.87. The molecular weight excluding hydrogens is 261 g/mol. The zero-order chi connectivity index (χ0) is 10.2. The standard InChI is InChI=1S/C11H13BrClN/c1-11(4-5-11)14-7-8-6-9(12)2-3-10(8)13/h2-3,6,14H,4-5,7H2,1H3. The molecule has 1 aromatic rings. The van der Waals surface area contributed by atoms with Gasteiger partial charge in [-0.1, -0.05) is 27.5 Å². The van der Waals surface area contributed by atoms with Gasteiger partial charge >= 0.3 is 0 Å². The molecule has 0 spiro atoms. The van der Waals surface area contributed by atoms with Crippen LogP contribution in [0.2, 0.25) is 5.02 Å². The molecular formula is C11H13BrClN. The van der Waals surface area contributed by atoms with Crippen LogP contribution < -0.4 is 5.32 Å². The summed E-state index contributed by atoms with van der Waals surface area (Å²) < 4.78 is 1.08. The van der Waals surface area contributed by atoms with Gasteiger partial charge in [-0.05, 0) is 43.5 Å². The van der Waals surface area contributed by atoms with Crippen LogP contribution in [-0.4, -0.2) is 5.54 Å². The van der Waals surface area contributed by atoms with E-state index in [1.807, 2.05) is 12.1 Å². The van der Waals surface area contributed by atoms with E-state index >= 15 is 0 Å². The summed E-state index contributed by atoms with van der Waals surface area (Å²) in [5.74, 6) is 0. The molecule has 2 rings (SSSR count). The van der Waals surface area contributed by atoms with E-state index in [9.17, 15) is 0 Å². The molecule has 1 saturated carbocycles. The Balaban J connectivity index is 2.04. The van der Waals surface area contributed by atoms with E-state index in [2.05, 4.69) is 34.2 Å². The normalized spacial score (nSPS) is 18.2. The van der Waals surface area contributed by atoms with Crippen molar-refractivity contribution in [2.24, 2.45) is 0 Å². The predicted molar refractivity (Wildman–Crippen MR) is 63.6 cm³/mol. The number of benzene rings is 1. The van der Waals surface area contributed by atoms with E-state index in [0.717, 1.165) is 21.6 Å². The Bertz CT molecular complexity index is 347. The van der Waals surface area contributed by atoms with Crippen LogP contribution in [0.4, 0.5) is 0 Å². The molecule has 0 unspecified atom stereocenters. The smallest absolute Gasteiger partial charge is 0.0451 e. The van der Waals surface area contributed by atoms with Crippen molar-refractivity contribution in [1.29, 1.82) is 0 Å². The third kappa shape index (κ3) is 2.50. The van der Waals surface area contributed by atoms with Gasteiger partial charge in [-0.3, -0.25) is 0 Å². The summed E-state index contributed by atoms with van der Waals surface area (Å²) in [5.41, 5.74) is 1.53. The fourth-order valence-electron chi connectivity index (χ4n) is 1.35. The van der Waals surface area contributed by atoms with Crippen LogP contribution >= 0.6 is 27.5 Å². The molecule has 1 N–H and O–H groups in total. The lowest BCUT2D eigenvalue weighted by atomic mass is 10.2. The van der Waals surface area contributed by atoms with Gasteiger partial charge in [0.25, 0.3) is 0 Å². The average Bonchev–Trinajstić information content (AvgIpc) is 2.87. The van der Waals surface area contributed by atoms with Crippen molar-refractivity contribution in [3.8, 4) is 0 Å². The number of rotatable bonds is 3. The molecule has 0 amide bonds. The van der Waals surface area contributed by atoms with Gasteiger partial charge in [0, 0.05) is 21.6 Å². The van der Waals surface area contributed by atoms with E-state index in [4.69, 9.17) is 11.6 Å². The van der Waals surface area contributed by atoms with Gasteiger partial charge in [0.1, 0.15) is 0 Å². The van der Waals surface area contributed by atoms with Crippen molar-refractivity contribution in [3.05, 3.63) is 33.3 Å². The Morgan fingerprint density at radius 2 is 2.21 bits per heavy atom. The summed E-state index contributed by atoms with van der Waals surface area (Å²) in [6.07, 6.45) is 2.55. The van der Waals surface area contributed by atoms with Crippen LogP contribution in [0.25, 0.3) is 0 Å². The molecule has 3 heteroatoms. The lowest BCUT2D eigenvalue weighted by Crippen LogP contribution is -2.27. The SMILES string of the molecule is CC1(NCc2cc(Br)ccc2Cl)CC1. The minimum atomic E-state index is 0.367. The van der Waals surface area contributed by atoms with Crippen LogP contribution in [0.15, 0.2) is 22.7 Å². The highest BCUT2D eigenvalue weighted by Gasteiger charge is 2.36. The van der Waals surface area contributed by atoms with Crippen LogP contribution in [0.5, 0.6) is 0 Å². The third-order valence-corrected chi connectivity index (χ3v) is 3.58. The molecule has 0 atom stereocenters. The highest BCUT2D eigenvalue weighted by Crippen LogP contribution is 2.35. The van der Waals surface area contributed by atoms with E-state index in [0.29, 0.717) is 5.54 Å². The van der Waals surface area contributed by atoms with Crippen molar-refractivity contribution >= 4 is 27.5 Å². The predicted octanol–water partition coefficient (Wildman–Crippen LogP) is 3.74. The molecule has 0 bridgehead atoms. The second-order valence-electron chi connectivity index (χ2n) is 4.15. The minimum absolute atomic E-state index is 0.367. The maximum Gasteiger partial charge on any atom is 0.0451 e. The zero-order valence-electron chi connectivity index (χ0n) is 8.11. The van der Waals surface area contributed by atoms with Crippen molar-refractivity contribution in [1.82, 2.24) is 5.32 Å². The second kappa shape index (κ2) is 3.84. The second-order valence-corrected chi connectivity index (χ2v) is 5.47. The van der Waals surface area contributed by atoms with Crippen LogP contribution in [-0.2, 0) is 6.54 Å². The Morgan fingerprint density at radius 3 is 2.86 bits per heavy atom. The molecule has 0 aromatic heterocycles. The van der Waals surface area contributed by atoms with Crippen molar-refractivity contribution < 1.29 is 0 Å². The summed E-state index contributed by atoms with van der Waals surface area (Å²) in [6.45, 7) is 3.10. The average molecular weight is 275 g/mol. The van der Waals surface area contributed by atoms with Crippen molar-refractivity contribution in [2.45, 2.75) is 31.8 Å². The first-order valence-corrected chi connectivity index (χ1v) is 5.95. The largest absolute Gasteiger partial charge is 0.307 e. The van der Waals surface area contributed by atoms with Gasteiger partial charge in [0.05, 0.1) is 0 Å². The molecule has 1 aliphatic carbocycles. The topological polar surface area (TPSA) is 12.0 Å². The first kappa shape index (κ1) is 10.5. The summed E-state index contributed by atoms with van der Waals surface area (Å²) in [4.78, 5) is 0. The molecule has 1 aliphatic rings. The molecule has 0 aliphatic heterocycles. The van der Waals surface area contributed by atoms with Gasteiger partial charge in [-0.25, -0.2) is 0 Å². The number of halogens is 2. The van der Waals surface area contributed by atoms with Gasteiger partial charge in [-0.15, -0.1) is 0 Å². The maximum absolute atomic E-state index is 6.08. The van der Waals surface area contributed by atoms with Gasteiger partial charge in [-0.2, -0.15) is 0 Å². The quantitative estimate of drug-likeness (QED) is 0.885. The molecule has 14 heavy (non-hydrogen) atoms. The van der Waals surface area contributed by atoms with Crippen molar-refractivity contribution in [3.63, 3.8) is 0 Å². The number of hydrogen-bond donors (Lipinski definition) is 1. The monoisotopic (exact) mass is 273 g/mol. The third-order valence-electron chi connectivity index (χ3n) is 2.71. The molecule has 0 saturated heterocycles. The van der Waals surface area contributed by atoms with E-state index in [1.165, 1.54) is 12.8 Å². The summed E-state index contributed by atoms with van der Waals surface area (Å²) in [6, 6.07) is 5.96. The highest BCUT2D eigenvalue weighted by atomic mass is 79.9. The van der Waals surface area contributed by atoms with Gasteiger partial charge < -0.3 is 5.32 Å². The Hall–Kier alpha value is -0.0500. The number of nitrogens with one attached hydrogen (secondary N) is 1. The first-order valence-electron chi connectivity index (χ1n) is 4.78. The summed E-state index contributed by atoms with van der Waals surface area (Å²) >= 11 is 9.53. The summed E-state index contributed by atoms with van der Waals surface area (Å²) in [7, 11) is 0. The molecule has 1 nitrogen and oxygen atoms in total. The highest BCUT2D eigenvalue weighted by molar-refractivity contribution is 9.10. The van der Waals surface area contributed by atoms with Crippen LogP contribution in [0.1, 0.15) is 25.3 Å². The minimum Gasteiger partial charge on any atom is -0.307 e.